The molecule has 0 saturated carbocycles. The SMILES string of the molecule is Cc1ccccc1CSc1nnc2n(Cc3ccc(C(C)C)cc3)c(=O)c3sccc3n12. The van der Waals surface area contributed by atoms with Gasteiger partial charge in [-0.1, -0.05) is 74.1 Å². The Bertz CT molecular complexity index is 1460. The van der Waals surface area contributed by atoms with Gasteiger partial charge in [0, 0.05) is 5.75 Å². The van der Waals surface area contributed by atoms with E-state index in [1.54, 1.807) is 16.3 Å². The molecule has 0 spiro atoms. The summed E-state index contributed by atoms with van der Waals surface area (Å²) < 4.78 is 4.50. The Kier molecular flexibility index (Phi) is 5.61. The minimum atomic E-state index is -0.0155. The normalized spacial score (nSPS) is 11.8. The van der Waals surface area contributed by atoms with Gasteiger partial charge in [0.1, 0.15) is 4.70 Å². The summed E-state index contributed by atoms with van der Waals surface area (Å²) in [5.74, 6) is 1.86. The molecule has 5 nitrogen and oxygen atoms in total. The molecule has 0 bridgehead atoms. The first-order valence-corrected chi connectivity index (χ1v) is 12.5. The molecule has 162 valence electrons. The van der Waals surface area contributed by atoms with E-state index in [1.807, 2.05) is 15.8 Å². The molecule has 0 N–H and O–H groups in total. The van der Waals surface area contributed by atoms with Crippen molar-refractivity contribution in [1.29, 1.82) is 0 Å². The monoisotopic (exact) mass is 460 g/mol. The van der Waals surface area contributed by atoms with Crippen molar-refractivity contribution in [2.24, 2.45) is 0 Å². The largest absolute Gasteiger partial charge is 0.273 e. The second-order valence-corrected chi connectivity index (χ2v) is 10.1. The maximum absolute atomic E-state index is 13.3. The smallest absolute Gasteiger partial charge is 0.271 e. The van der Waals surface area contributed by atoms with Gasteiger partial charge < -0.3 is 0 Å². The Morgan fingerprint density at radius 2 is 1.81 bits per heavy atom. The number of thiophene rings is 1. The second kappa shape index (κ2) is 8.56. The minimum Gasteiger partial charge on any atom is -0.271 e. The lowest BCUT2D eigenvalue weighted by Crippen LogP contribution is -2.23. The van der Waals surface area contributed by atoms with Crippen LogP contribution in [-0.4, -0.2) is 19.2 Å². The first-order valence-electron chi connectivity index (χ1n) is 10.6. The summed E-state index contributed by atoms with van der Waals surface area (Å²) in [4.78, 5) is 13.3. The van der Waals surface area contributed by atoms with Crippen LogP contribution in [0.4, 0.5) is 0 Å². The van der Waals surface area contributed by atoms with Crippen LogP contribution in [0.1, 0.15) is 42.0 Å². The molecule has 0 saturated heterocycles. The molecular formula is C25H24N4OS2. The van der Waals surface area contributed by atoms with Gasteiger partial charge in [-0.3, -0.25) is 13.8 Å². The van der Waals surface area contributed by atoms with Gasteiger partial charge in [0.15, 0.2) is 5.16 Å². The van der Waals surface area contributed by atoms with Gasteiger partial charge >= 0.3 is 0 Å². The first-order chi connectivity index (χ1) is 15.5. The number of aromatic nitrogens is 4. The zero-order valence-corrected chi connectivity index (χ0v) is 19.9. The van der Waals surface area contributed by atoms with Crippen molar-refractivity contribution >= 4 is 39.1 Å². The maximum Gasteiger partial charge on any atom is 0.273 e. The molecule has 0 aliphatic carbocycles. The fourth-order valence-electron chi connectivity index (χ4n) is 3.84. The molecule has 7 heteroatoms. The average Bonchev–Trinajstić information content (AvgIpc) is 3.43. The molecule has 0 aliphatic rings. The standard InChI is InChI=1S/C25H24N4OS2/c1-16(2)19-10-8-18(9-11-19)14-28-23(30)22-21(12-13-31-22)29-24(28)26-27-25(29)32-15-20-7-5-4-6-17(20)3/h4-13,16H,14-15H2,1-3H3. The highest BCUT2D eigenvalue weighted by Crippen LogP contribution is 2.27. The van der Waals surface area contributed by atoms with Gasteiger partial charge in [0.2, 0.25) is 5.78 Å². The van der Waals surface area contributed by atoms with E-state index in [2.05, 4.69) is 79.5 Å². The predicted molar refractivity (Wildman–Crippen MR) is 133 cm³/mol. The van der Waals surface area contributed by atoms with Crippen molar-refractivity contribution in [2.75, 3.05) is 0 Å². The maximum atomic E-state index is 13.3. The third kappa shape index (κ3) is 3.76. The van der Waals surface area contributed by atoms with E-state index >= 15 is 0 Å². The lowest BCUT2D eigenvalue weighted by atomic mass is 10.0. The van der Waals surface area contributed by atoms with Crippen LogP contribution >= 0.6 is 23.1 Å². The summed E-state index contributed by atoms with van der Waals surface area (Å²) in [5, 5.41) is 11.7. The van der Waals surface area contributed by atoms with E-state index in [9.17, 15) is 4.79 Å². The van der Waals surface area contributed by atoms with Crippen LogP contribution in [0.5, 0.6) is 0 Å². The van der Waals surface area contributed by atoms with E-state index in [1.165, 1.54) is 28.0 Å². The number of hydrogen-bond donors (Lipinski definition) is 0. The molecule has 5 rings (SSSR count). The molecule has 0 radical (unpaired) electrons. The Labute approximate surface area is 194 Å². The van der Waals surface area contributed by atoms with Gasteiger partial charge in [-0.25, -0.2) is 0 Å². The Balaban J connectivity index is 1.57. The third-order valence-electron chi connectivity index (χ3n) is 5.79. The number of nitrogens with zero attached hydrogens (tertiary/aromatic N) is 4. The predicted octanol–water partition coefficient (Wildman–Crippen LogP) is 5.88. The molecule has 5 aromatic rings. The summed E-state index contributed by atoms with van der Waals surface area (Å²) in [5.41, 5.74) is 5.76. The number of hydrogen-bond acceptors (Lipinski definition) is 5. The number of rotatable bonds is 6. The lowest BCUT2D eigenvalue weighted by molar-refractivity contribution is 0.764. The van der Waals surface area contributed by atoms with Crippen molar-refractivity contribution < 1.29 is 0 Å². The van der Waals surface area contributed by atoms with E-state index in [-0.39, 0.29) is 5.56 Å². The van der Waals surface area contributed by atoms with Crippen LogP contribution in [0.15, 0.2) is 69.9 Å². The molecule has 0 unspecified atom stereocenters. The zero-order valence-electron chi connectivity index (χ0n) is 18.3. The fraction of sp³-hybridized carbons (Fsp3) is 0.240. The summed E-state index contributed by atoms with van der Waals surface area (Å²) >= 11 is 3.12. The molecule has 0 fully saturated rings. The van der Waals surface area contributed by atoms with Gasteiger partial charge in [-0.15, -0.1) is 21.5 Å². The molecule has 3 heterocycles. The number of fused-ring (bicyclic) bond motifs is 3. The van der Waals surface area contributed by atoms with Crippen molar-refractivity contribution in [3.63, 3.8) is 0 Å². The van der Waals surface area contributed by atoms with Gasteiger partial charge in [-0.05, 0) is 46.5 Å². The van der Waals surface area contributed by atoms with E-state index in [4.69, 9.17) is 0 Å². The Morgan fingerprint density at radius 1 is 1.03 bits per heavy atom. The fourth-order valence-corrected chi connectivity index (χ4v) is 5.68. The third-order valence-corrected chi connectivity index (χ3v) is 7.66. The topological polar surface area (TPSA) is 52.2 Å². The van der Waals surface area contributed by atoms with Crippen molar-refractivity contribution in [1.82, 2.24) is 19.2 Å². The molecular weight excluding hydrogens is 436 g/mol. The Morgan fingerprint density at radius 3 is 2.56 bits per heavy atom. The first kappa shape index (κ1) is 21.0. The van der Waals surface area contributed by atoms with Crippen LogP contribution in [0.25, 0.3) is 16.0 Å². The van der Waals surface area contributed by atoms with E-state index in [0.717, 1.165) is 26.7 Å². The highest BCUT2D eigenvalue weighted by Gasteiger charge is 2.18. The van der Waals surface area contributed by atoms with Crippen LogP contribution in [0, 0.1) is 6.92 Å². The summed E-state index contributed by atoms with van der Waals surface area (Å²) in [6, 6.07) is 18.8. The zero-order chi connectivity index (χ0) is 22.2. The molecule has 3 aromatic heterocycles. The van der Waals surface area contributed by atoms with Gasteiger partial charge in [-0.2, -0.15) is 0 Å². The summed E-state index contributed by atoms with van der Waals surface area (Å²) in [6.07, 6.45) is 0. The van der Waals surface area contributed by atoms with Gasteiger partial charge in [0.05, 0.1) is 12.1 Å². The average molecular weight is 461 g/mol. The van der Waals surface area contributed by atoms with Gasteiger partial charge in [0.25, 0.3) is 5.56 Å². The van der Waals surface area contributed by atoms with E-state index < -0.39 is 0 Å². The lowest BCUT2D eigenvalue weighted by Gasteiger charge is -2.11. The highest BCUT2D eigenvalue weighted by atomic mass is 32.2. The number of aryl methyl sites for hydroxylation is 1. The van der Waals surface area contributed by atoms with Crippen molar-refractivity contribution in [3.05, 3.63) is 92.6 Å². The highest BCUT2D eigenvalue weighted by molar-refractivity contribution is 7.98. The number of benzene rings is 2. The van der Waals surface area contributed by atoms with Crippen LogP contribution in [-0.2, 0) is 12.3 Å². The molecule has 32 heavy (non-hydrogen) atoms. The number of thioether (sulfide) groups is 1. The minimum absolute atomic E-state index is 0.0155. The quantitative estimate of drug-likeness (QED) is 0.297. The Hall–Kier alpha value is -2.90. The molecule has 0 atom stereocenters. The summed E-state index contributed by atoms with van der Waals surface area (Å²) in [6.45, 7) is 6.95. The van der Waals surface area contributed by atoms with Crippen LogP contribution in [0.3, 0.4) is 0 Å². The summed E-state index contributed by atoms with van der Waals surface area (Å²) in [7, 11) is 0. The molecule has 0 aliphatic heterocycles. The van der Waals surface area contributed by atoms with Crippen LogP contribution < -0.4 is 5.56 Å². The van der Waals surface area contributed by atoms with Crippen LogP contribution in [0.2, 0.25) is 0 Å². The van der Waals surface area contributed by atoms with E-state index in [0.29, 0.717) is 18.2 Å². The molecule has 0 amide bonds. The van der Waals surface area contributed by atoms with Crippen molar-refractivity contribution in [2.45, 2.75) is 44.1 Å². The molecule has 2 aromatic carbocycles. The second-order valence-electron chi connectivity index (χ2n) is 8.26. The van der Waals surface area contributed by atoms with Crippen molar-refractivity contribution in [3.8, 4) is 0 Å².